The lowest BCUT2D eigenvalue weighted by atomic mass is 10.0. The van der Waals surface area contributed by atoms with E-state index in [-0.39, 0.29) is 12.1 Å². The lowest BCUT2D eigenvalue weighted by Crippen LogP contribution is -2.44. The topological polar surface area (TPSA) is 62.8 Å². The Labute approximate surface area is 160 Å². The van der Waals surface area contributed by atoms with Crippen molar-refractivity contribution in [1.82, 2.24) is 10.2 Å². The Kier molecular flexibility index (Phi) is 6.68. The van der Waals surface area contributed by atoms with Crippen LogP contribution in [0.4, 0.5) is 10.5 Å². The number of carbonyl (C=O) groups is 1. The summed E-state index contributed by atoms with van der Waals surface area (Å²) in [4.78, 5) is 14.7. The number of nitrogens with one attached hydrogen (secondary N) is 2. The number of amides is 2. The third kappa shape index (κ3) is 5.45. The SMILES string of the molecule is COc1ccc(C(CNC(=O)Nc2ccc(C)cc2)N2CCOCC2)cc1. The molecular weight excluding hydrogens is 342 g/mol. The normalized spacial score (nSPS) is 15.8. The first kappa shape index (κ1) is 19.2. The number of hydrogen-bond acceptors (Lipinski definition) is 4. The number of urea groups is 1. The van der Waals surface area contributed by atoms with Crippen LogP contribution in [0.5, 0.6) is 5.75 Å². The summed E-state index contributed by atoms with van der Waals surface area (Å²) in [5.74, 6) is 0.824. The fourth-order valence-corrected chi connectivity index (χ4v) is 3.17. The van der Waals surface area contributed by atoms with Gasteiger partial charge in [0, 0.05) is 25.3 Å². The largest absolute Gasteiger partial charge is 0.497 e. The van der Waals surface area contributed by atoms with Crippen LogP contribution in [-0.4, -0.2) is 50.9 Å². The highest BCUT2D eigenvalue weighted by Crippen LogP contribution is 2.23. The van der Waals surface area contributed by atoms with Crippen LogP contribution in [0.15, 0.2) is 48.5 Å². The number of ether oxygens (including phenoxy) is 2. The zero-order valence-corrected chi connectivity index (χ0v) is 15.9. The van der Waals surface area contributed by atoms with Crippen LogP contribution in [0.2, 0.25) is 0 Å². The molecule has 0 aromatic heterocycles. The van der Waals surface area contributed by atoms with E-state index in [2.05, 4.69) is 27.7 Å². The Morgan fingerprint density at radius 2 is 1.78 bits per heavy atom. The van der Waals surface area contributed by atoms with Crippen LogP contribution in [0.1, 0.15) is 17.2 Å². The van der Waals surface area contributed by atoms with E-state index < -0.39 is 0 Å². The second-order valence-corrected chi connectivity index (χ2v) is 6.64. The van der Waals surface area contributed by atoms with Crippen LogP contribution >= 0.6 is 0 Å². The molecule has 1 heterocycles. The van der Waals surface area contributed by atoms with E-state index in [1.807, 2.05) is 43.3 Å². The second-order valence-electron chi connectivity index (χ2n) is 6.64. The molecule has 0 saturated carbocycles. The van der Waals surface area contributed by atoms with Crippen molar-refractivity contribution in [1.29, 1.82) is 0 Å². The summed E-state index contributed by atoms with van der Waals surface area (Å²) in [5, 5.41) is 5.89. The summed E-state index contributed by atoms with van der Waals surface area (Å²) in [7, 11) is 1.66. The molecule has 2 amide bonds. The molecule has 1 aliphatic heterocycles. The van der Waals surface area contributed by atoms with Crippen molar-refractivity contribution in [3.8, 4) is 5.75 Å². The third-order valence-electron chi connectivity index (χ3n) is 4.75. The number of rotatable bonds is 6. The molecule has 2 aromatic rings. The predicted octanol–water partition coefficient (Wildman–Crippen LogP) is 3.20. The number of methoxy groups -OCH3 is 1. The quantitative estimate of drug-likeness (QED) is 0.821. The fourth-order valence-electron chi connectivity index (χ4n) is 3.17. The lowest BCUT2D eigenvalue weighted by Gasteiger charge is -2.35. The number of carbonyl (C=O) groups excluding carboxylic acids is 1. The van der Waals surface area contributed by atoms with Gasteiger partial charge in [-0.25, -0.2) is 4.79 Å². The van der Waals surface area contributed by atoms with Crippen molar-refractivity contribution in [3.63, 3.8) is 0 Å². The number of hydrogen-bond donors (Lipinski definition) is 2. The molecular formula is C21H27N3O3. The maximum absolute atomic E-state index is 12.3. The summed E-state index contributed by atoms with van der Waals surface area (Å²) >= 11 is 0. The minimum atomic E-state index is -0.203. The molecule has 6 heteroatoms. The van der Waals surface area contributed by atoms with Crippen molar-refractivity contribution >= 4 is 11.7 Å². The molecule has 0 aliphatic carbocycles. The van der Waals surface area contributed by atoms with E-state index >= 15 is 0 Å². The zero-order chi connectivity index (χ0) is 19.1. The van der Waals surface area contributed by atoms with Gasteiger partial charge in [-0.05, 0) is 36.8 Å². The molecule has 144 valence electrons. The molecule has 1 fully saturated rings. The minimum absolute atomic E-state index is 0.0866. The van der Waals surface area contributed by atoms with E-state index in [4.69, 9.17) is 9.47 Å². The molecule has 2 aromatic carbocycles. The van der Waals surface area contributed by atoms with Gasteiger partial charge in [0.25, 0.3) is 0 Å². The van der Waals surface area contributed by atoms with Crippen LogP contribution in [0.25, 0.3) is 0 Å². The summed E-state index contributed by atoms with van der Waals surface area (Å²) < 4.78 is 10.7. The molecule has 1 unspecified atom stereocenters. The summed E-state index contributed by atoms with van der Waals surface area (Å²) in [6, 6.07) is 15.7. The van der Waals surface area contributed by atoms with Gasteiger partial charge in [-0.2, -0.15) is 0 Å². The molecule has 3 rings (SSSR count). The van der Waals surface area contributed by atoms with Crippen LogP contribution in [0.3, 0.4) is 0 Å². The van der Waals surface area contributed by atoms with E-state index in [1.54, 1.807) is 7.11 Å². The van der Waals surface area contributed by atoms with Crippen molar-refractivity contribution in [2.75, 3.05) is 45.3 Å². The highest BCUT2D eigenvalue weighted by atomic mass is 16.5. The van der Waals surface area contributed by atoms with Gasteiger partial charge in [0.05, 0.1) is 26.4 Å². The summed E-state index contributed by atoms with van der Waals surface area (Å²) in [6.07, 6.45) is 0. The standard InChI is InChI=1S/C21H27N3O3/c1-16-3-7-18(8-4-16)23-21(25)22-15-20(24-11-13-27-14-12-24)17-5-9-19(26-2)10-6-17/h3-10,20H,11-15H2,1-2H3,(H2,22,23,25). The molecule has 0 bridgehead atoms. The molecule has 1 aliphatic rings. The van der Waals surface area contributed by atoms with Gasteiger partial charge >= 0.3 is 6.03 Å². The van der Waals surface area contributed by atoms with Gasteiger partial charge in [0.1, 0.15) is 5.75 Å². The average Bonchev–Trinajstić information content (AvgIpc) is 2.71. The molecule has 1 atom stereocenters. The van der Waals surface area contributed by atoms with Crippen molar-refractivity contribution in [2.24, 2.45) is 0 Å². The smallest absolute Gasteiger partial charge is 0.319 e. The molecule has 6 nitrogen and oxygen atoms in total. The van der Waals surface area contributed by atoms with Crippen LogP contribution < -0.4 is 15.4 Å². The van der Waals surface area contributed by atoms with Gasteiger partial charge in [-0.15, -0.1) is 0 Å². The van der Waals surface area contributed by atoms with Gasteiger partial charge in [0.15, 0.2) is 0 Å². The van der Waals surface area contributed by atoms with E-state index in [0.717, 1.165) is 35.7 Å². The zero-order valence-electron chi connectivity index (χ0n) is 15.9. The average molecular weight is 369 g/mol. The van der Waals surface area contributed by atoms with Crippen LogP contribution in [-0.2, 0) is 4.74 Å². The number of nitrogens with zero attached hydrogens (tertiary/aromatic N) is 1. The minimum Gasteiger partial charge on any atom is -0.497 e. The number of benzene rings is 2. The third-order valence-corrected chi connectivity index (χ3v) is 4.75. The highest BCUT2D eigenvalue weighted by molar-refractivity contribution is 5.89. The fraction of sp³-hybridized carbons (Fsp3) is 0.381. The Morgan fingerprint density at radius 1 is 1.11 bits per heavy atom. The Balaban J connectivity index is 1.64. The van der Waals surface area contributed by atoms with Crippen molar-refractivity contribution < 1.29 is 14.3 Å². The first-order chi connectivity index (χ1) is 13.2. The first-order valence-corrected chi connectivity index (χ1v) is 9.23. The summed E-state index contributed by atoms with van der Waals surface area (Å²) in [6.45, 7) is 5.65. The molecule has 0 radical (unpaired) electrons. The lowest BCUT2D eigenvalue weighted by molar-refractivity contribution is 0.0167. The first-order valence-electron chi connectivity index (χ1n) is 9.23. The van der Waals surface area contributed by atoms with E-state index in [1.165, 1.54) is 0 Å². The Hall–Kier alpha value is -2.57. The summed E-state index contributed by atoms with van der Waals surface area (Å²) in [5.41, 5.74) is 3.09. The molecule has 27 heavy (non-hydrogen) atoms. The second kappa shape index (κ2) is 9.39. The van der Waals surface area contributed by atoms with E-state index in [9.17, 15) is 4.79 Å². The van der Waals surface area contributed by atoms with Gasteiger partial charge in [-0.1, -0.05) is 29.8 Å². The maximum Gasteiger partial charge on any atom is 0.319 e. The van der Waals surface area contributed by atoms with Crippen molar-refractivity contribution in [2.45, 2.75) is 13.0 Å². The van der Waals surface area contributed by atoms with E-state index in [0.29, 0.717) is 19.8 Å². The monoisotopic (exact) mass is 369 g/mol. The molecule has 1 saturated heterocycles. The number of anilines is 1. The van der Waals surface area contributed by atoms with Gasteiger partial charge < -0.3 is 20.1 Å². The van der Waals surface area contributed by atoms with Crippen molar-refractivity contribution in [3.05, 3.63) is 59.7 Å². The van der Waals surface area contributed by atoms with Gasteiger partial charge in [-0.3, -0.25) is 4.90 Å². The van der Waals surface area contributed by atoms with Gasteiger partial charge in [0.2, 0.25) is 0 Å². The predicted molar refractivity (Wildman–Crippen MR) is 106 cm³/mol. The Morgan fingerprint density at radius 3 is 2.41 bits per heavy atom. The van der Waals surface area contributed by atoms with Crippen LogP contribution in [0, 0.1) is 6.92 Å². The number of morpholine rings is 1. The Bertz CT molecular complexity index is 725. The maximum atomic E-state index is 12.3. The number of aryl methyl sites for hydroxylation is 1. The molecule has 2 N–H and O–H groups in total. The molecule has 0 spiro atoms. The highest BCUT2D eigenvalue weighted by Gasteiger charge is 2.23.